The van der Waals surface area contributed by atoms with Crippen molar-refractivity contribution in [1.29, 1.82) is 0 Å². The fourth-order valence-corrected chi connectivity index (χ4v) is 3.67. The number of ether oxygens (including phenoxy) is 1. The van der Waals surface area contributed by atoms with Crippen molar-refractivity contribution in [3.63, 3.8) is 0 Å². The van der Waals surface area contributed by atoms with Crippen molar-refractivity contribution >= 4 is 12.0 Å². The van der Waals surface area contributed by atoms with Gasteiger partial charge in [-0.2, -0.15) is 0 Å². The Labute approximate surface area is 139 Å². The van der Waals surface area contributed by atoms with Crippen LogP contribution in [0.15, 0.2) is 0 Å². The standard InChI is InChI=1S/C17H31N3O3/c1-12(18-16(22)23-17(2,3)4)15(21)20-10-8-14-13(11-20)7-6-9-19(14)5/h12-14H,6-11H2,1-5H3,(H,18,22)/t12-,13-,14-/m1/s1. The van der Waals surface area contributed by atoms with Crippen molar-refractivity contribution in [2.24, 2.45) is 5.92 Å². The summed E-state index contributed by atoms with van der Waals surface area (Å²) in [5.74, 6) is 0.544. The Kier molecular flexibility index (Phi) is 5.55. The van der Waals surface area contributed by atoms with E-state index in [-0.39, 0.29) is 5.91 Å². The van der Waals surface area contributed by atoms with Crippen molar-refractivity contribution in [2.45, 2.75) is 64.6 Å². The molecule has 132 valence electrons. The molecule has 0 radical (unpaired) electrons. The maximum atomic E-state index is 12.6. The van der Waals surface area contributed by atoms with Crippen molar-refractivity contribution in [3.8, 4) is 0 Å². The van der Waals surface area contributed by atoms with E-state index in [4.69, 9.17) is 4.74 Å². The highest BCUT2D eigenvalue weighted by Gasteiger charge is 2.37. The van der Waals surface area contributed by atoms with E-state index in [1.54, 1.807) is 6.92 Å². The van der Waals surface area contributed by atoms with Gasteiger partial charge in [0.1, 0.15) is 11.6 Å². The summed E-state index contributed by atoms with van der Waals surface area (Å²) in [6, 6.07) is 0.0460. The van der Waals surface area contributed by atoms with Crippen LogP contribution in [0.3, 0.4) is 0 Å². The van der Waals surface area contributed by atoms with Crippen LogP contribution in [0.1, 0.15) is 47.0 Å². The monoisotopic (exact) mass is 325 g/mol. The van der Waals surface area contributed by atoms with E-state index in [1.807, 2.05) is 25.7 Å². The second-order valence-corrected chi connectivity index (χ2v) is 7.89. The predicted molar refractivity (Wildman–Crippen MR) is 89.2 cm³/mol. The molecule has 2 aliphatic heterocycles. The van der Waals surface area contributed by atoms with Crippen LogP contribution in [0.4, 0.5) is 4.79 Å². The summed E-state index contributed by atoms with van der Waals surface area (Å²) < 4.78 is 5.22. The van der Waals surface area contributed by atoms with Crippen LogP contribution < -0.4 is 5.32 Å². The third-order valence-corrected chi connectivity index (χ3v) is 4.76. The molecule has 6 nitrogen and oxygen atoms in total. The molecule has 2 amide bonds. The Bertz CT molecular complexity index is 447. The lowest BCUT2D eigenvalue weighted by atomic mass is 9.84. The second kappa shape index (κ2) is 7.07. The first kappa shape index (κ1) is 18.0. The summed E-state index contributed by atoms with van der Waals surface area (Å²) in [5, 5.41) is 2.65. The molecule has 2 fully saturated rings. The number of piperidine rings is 2. The Morgan fingerprint density at radius 1 is 1.22 bits per heavy atom. The maximum Gasteiger partial charge on any atom is 0.408 e. The highest BCUT2D eigenvalue weighted by atomic mass is 16.6. The first-order valence-electron chi connectivity index (χ1n) is 8.66. The topological polar surface area (TPSA) is 61.9 Å². The Hall–Kier alpha value is -1.30. The van der Waals surface area contributed by atoms with Crippen LogP contribution in [-0.2, 0) is 9.53 Å². The van der Waals surface area contributed by atoms with Crippen molar-refractivity contribution in [2.75, 3.05) is 26.7 Å². The second-order valence-electron chi connectivity index (χ2n) is 7.89. The van der Waals surface area contributed by atoms with Crippen molar-refractivity contribution < 1.29 is 14.3 Å². The molecule has 23 heavy (non-hydrogen) atoms. The van der Waals surface area contributed by atoms with Crippen molar-refractivity contribution in [1.82, 2.24) is 15.1 Å². The average molecular weight is 325 g/mol. The van der Waals surface area contributed by atoms with Crippen LogP contribution in [0, 0.1) is 5.92 Å². The first-order chi connectivity index (χ1) is 10.7. The zero-order valence-electron chi connectivity index (χ0n) is 15.1. The third-order valence-electron chi connectivity index (χ3n) is 4.76. The van der Waals surface area contributed by atoms with Gasteiger partial charge in [-0.15, -0.1) is 0 Å². The number of nitrogens with one attached hydrogen (secondary N) is 1. The van der Waals surface area contributed by atoms with Gasteiger partial charge in [0, 0.05) is 19.1 Å². The minimum Gasteiger partial charge on any atom is -0.444 e. The Balaban J connectivity index is 1.87. The van der Waals surface area contributed by atoms with Gasteiger partial charge >= 0.3 is 6.09 Å². The van der Waals surface area contributed by atoms with E-state index >= 15 is 0 Å². The number of likely N-dealkylation sites (tertiary alicyclic amines) is 2. The number of nitrogens with zero attached hydrogens (tertiary/aromatic N) is 2. The van der Waals surface area contributed by atoms with Gasteiger partial charge in [0.25, 0.3) is 0 Å². The smallest absolute Gasteiger partial charge is 0.408 e. The molecular weight excluding hydrogens is 294 g/mol. The number of carbonyl (C=O) groups excluding carboxylic acids is 2. The lowest BCUT2D eigenvalue weighted by Gasteiger charge is -2.46. The number of amides is 2. The van der Waals surface area contributed by atoms with Gasteiger partial charge in [-0.1, -0.05) is 0 Å². The number of carbonyl (C=O) groups is 2. The quantitative estimate of drug-likeness (QED) is 0.841. The highest BCUT2D eigenvalue weighted by Crippen LogP contribution is 2.29. The number of hydrogen-bond donors (Lipinski definition) is 1. The zero-order chi connectivity index (χ0) is 17.2. The van der Waals surface area contributed by atoms with Gasteiger partial charge < -0.3 is 19.9 Å². The summed E-state index contributed by atoms with van der Waals surface area (Å²) in [6.07, 6.45) is 2.87. The molecule has 0 saturated carbocycles. The largest absolute Gasteiger partial charge is 0.444 e. The zero-order valence-corrected chi connectivity index (χ0v) is 15.1. The van der Waals surface area contributed by atoms with Crippen LogP contribution in [0.5, 0.6) is 0 Å². The van der Waals surface area contributed by atoms with Gasteiger partial charge in [0.05, 0.1) is 0 Å². The minimum atomic E-state index is -0.558. The molecule has 2 saturated heterocycles. The van der Waals surface area contributed by atoms with E-state index in [9.17, 15) is 9.59 Å². The lowest BCUT2D eigenvalue weighted by molar-refractivity contribution is -0.136. The molecular formula is C17H31N3O3. The molecule has 2 rings (SSSR count). The van der Waals surface area contributed by atoms with Gasteiger partial charge in [-0.3, -0.25) is 4.79 Å². The summed E-state index contributed by atoms with van der Waals surface area (Å²) in [5.41, 5.74) is -0.558. The molecule has 0 aromatic carbocycles. The summed E-state index contributed by atoms with van der Waals surface area (Å²) in [6.45, 7) is 9.88. The Morgan fingerprint density at radius 3 is 2.57 bits per heavy atom. The van der Waals surface area contributed by atoms with E-state index < -0.39 is 17.7 Å². The van der Waals surface area contributed by atoms with Gasteiger partial charge in [-0.05, 0) is 66.5 Å². The lowest BCUT2D eigenvalue weighted by Crippen LogP contribution is -2.57. The summed E-state index contributed by atoms with van der Waals surface area (Å²) >= 11 is 0. The first-order valence-corrected chi connectivity index (χ1v) is 8.66. The minimum absolute atomic E-state index is 0.0115. The van der Waals surface area contributed by atoms with Crippen LogP contribution in [0.25, 0.3) is 0 Å². The number of alkyl carbamates (subject to hydrolysis) is 1. The van der Waals surface area contributed by atoms with E-state index in [2.05, 4.69) is 17.3 Å². The fraction of sp³-hybridized carbons (Fsp3) is 0.882. The molecule has 0 bridgehead atoms. The van der Waals surface area contributed by atoms with Crippen LogP contribution in [-0.4, -0.2) is 66.2 Å². The number of rotatable bonds is 2. The fourth-order valence-electron chi connectivity index (χ4n) is 3.67. The molecule has 0 aromatic heterocycles. The van der Waals surface area contributed by atoms with E-state index in [0.717, 1.165) is 26.1 Å². The van der Waals surface area contributed by atoms with Crippen LogP contribution in [0.2, 0.25) is 0 Å². The van der Waals surface area contributed by atoms with Crippen molar-refractivity contribution in [3.05, 3.63) is 0 Å². The molecule has 1 N–H and O–H groups in total. The molecule has 2 heterocycles. The third kappa shape index (κ3) is 4.83. The highest BCUT2D eigenvalue weighted by molar-refractivity contribution is 5.85. The molecule has 0 aliphatic carbocycles. The molecule has 2 aliphatic rings. The van der Waals surface area contributed by atoms with Crippen LogP contribution >= 0.6 is 0 Å². The summed E-state index contributed by atoms with van der Waals surface area (Å²) in [4.78, 5) is 28.7. The Morgan fingerprint density at radius 2 is 1.91 bits per heavy atom. The van der Waals surface area contributed by atoms with E-state index in [0.29, 0.717) is 12.0 Å². The number of hydrogen-bond acceptors (Lipinski definition) is 4. The van der Waals surface area contributed by atoms with Gasteiger partial charge in [-0.25, -0.2) is 4.79 Å². The SMILES string of the molecule is C[C@@H](NC(=O)OC(C)(C)C)C(=O)N1CC[C@@H]2[C@H](CCCN2C)C1. The van der Waals surface area contributed by atoms with E-state index in [1.165, 1.54) is 12.8 Å². The molecule has 6 heteroatoms. The predicted octanol–water partition coefficient (Wildman–Crippen LogP) is 1.84. The maximum absolute atomic E-state index is 12.6. The van der Waals surface area contributed by atoms with Gasteiger partial charge in [0.15, 0.2) is 0 Å². The molecule has 0 aromatic rings. The molecule has 3 atom stereocenters. The summed E-state index contributed by atoms with van der Waals surface area (Å²) in [7, 11) is 2.18. The molecule has 0 unspecified atom stereocenters. The average Bonchev–Trinajstić information content (AvgIpc) is 2.44. The van der Waals surface area contributed by atoms with Gasteiger partial charge in [0.2, 0.25) is 5.91 Å². The normalized spacial score (nSPS) is 27.1. The molecule has 0 spiro atoms. The number of fused-ring (bicyclic) bond motifs is 1.